The lowest BCUT2D eigenvalue weighted by molar-refractivity contribution is 0.393. The molecule has 112 valence electrons. The van der Waals surface area contributed by atoms with Gasteiger partial charge in [0.1, 0.15) is 0 Å². The predicted octanol–water partition coefficient (Wildman–Crippen LogP) is 0.202. The Morgan fingerprint density at radius 1 is 1.25 bits per heavy atom. The number of benzene rings is 1. The van der Waals surface area contributed by atoms with Crippen molar-refractivity contribution in [3.05, 3.63) is 24.3 Å². The van der Waals surface area contributed by atoms with Gasteiger partial charge >= 0.3 is 0 Å². The van der Waals surface area contributed by atoms with Gasteiger partial charge in [0.15, 0.2) is 9.84 Å². The highest BCUT2D eigenvalue weighted by atomic mass is 32.2. The quantitative estimate of drug-likeness (QED) is 0.855. The van der Waals surface area contributed by atoms with Gasteiger partial charge in [-0.2, -0.15) is 4.31 Å². The van der Waals surface area contributed by atoms with Gasteiger partial charge in [-0.1, -0.05) is 6.07 Å². The molecule has 1 aliphatic heterocycles. The van der Waals surface area contributed by atoms with Crippen LogP contribution in [0.3, 0.4) is 0 Å². The van der Waals surface area contributed by atoms with E-state index >= 15 is 0 Å². The number of rotatable bonds is 4. The first-order valence-corrected chi connectivity index (χ1v) is 9.62. The molecule has 0 amide bonds. The third-order valence-corrected chi connectivity index (χ3v) is 6.49. The summed E-state index contributed by atoms with van der Waals surface area (Å²) >= 11 is 0. The van der Waals surface area contributed by atoms with E-state index in [1.807, 2.05) is 0 Å². The van der Waals surface area contributed by atoms with Gasteiger partial charge in [-0.25, -0.2) is 16.8 Å². The zero-order valence-electron chi connectivity index (χ0n) is 11.2. The van der Waals surface area contributed by atoms with Crippen LogP contribution in [0.5, 0.6) is 0 Å². The SMILES string of the molecule is CS(=O)(=O)c1cccc(S(=O)(=O)N2CCCC2CN)c1. The second-order valence-corrected chi connectivity index (χ2v) is 8.80. The summed E-state index contributed by atoms with van der Waals surface area (Å²) in [5.41, 5.74) is 5.60. The van der Waals surface area contributed by atoms with E-state index in [4.69, 9.17) is 5.73 Å². The molecule has 2 rings (SSSR count). The fourth-order valence-corrected chi connectivity index (χ4v) is 4.85. The second-order valence-electron chi connectivity index (χ2n) is 4.89. The smallest absolute Gasteiger partial charge is 0.243 e. The van der Waals surface area contributed by atoms with Gasteiger partial charge in [0.25, 0.3) is 0 Å². The first kappa shape index (κ1) is 15.4. The fraction of sp³-hybridized carbons (Fsp3) is 0.500. The minimum Gasteiger partial charge on any atom is -0.329 e. The Bertz CT molecular complexity index is 698. The Kier molecular flexibility index (Phi) is 4.19. The summed E-state index contributed by atoms with van der Waals surface area (Å²) in [6.07, 6.45) is 2.56. The van der Waals surface area contributed by atoms with Crippen LogP contribution in [0.4, 0.5) is 0 Å². The maximum Gasteiger partial charge on any atom is 0.243 e. The summed E-state index contributed by atoms with van der Waals surface area (Å²) in [5, 5.41) is 0. The maximum absolute atomic E-state index is 12.6. The van der Waals surface area contributed by atoms with Crippen molar-refractivity contribution >= 4 is 19.9 Å². The Morgan fingerprint density at radius 3 is 2.50 bits per heavy atom. The van der Waals surface area contributed by atoms with Crippen LogP contribution in [0.1, 0.15) is 12.8 Å². The van der Waals surface area contributed by atoms with Crippen molar-refractivity contribution < 1.29 is 16.8 Å². The standard InChI is InChI=1S/C12H18N2O4S2/c1-19(15,16)11-5-2-6-12(8-11)20(17,18)14-7-3-4-10(14)9-13/h2,5-6,8,10H,3-4,7,9,13H2,1H3. The van der Waals surface area contributed by atoms with Crippen molar-refractivity contribution in [2.75, 3.05) is 19.3 Å². The maximum atomic E-state index is 12.6. The lowest BCUT2D eigenvalue weighted by Gasteiger charge is -2.23. The van der Waals surface area contributed by atoms with E-state index in [9.17, 15) is 16.8 Å². The average Bonchev–Trinajstić information content (AvgIpc) is 2.87. The number of hydrogen-bond donors (Lipinski definition) is 1. The molecule has 8 heteroatoms. The number of nitrogens with two attached hydrogens (primary N) is 1. The summed E-state index contributed by atoms with van der Waals surface area (Å²) in [6, 6.07) is 5.24. The fourth-order valence-electron chi connectivity index (χ4n) is 2.36. The Hall–Kier alpha value is -0.960. The summed E-state index contributed by atoms with van der Waals surface area (Å²) < 4.78 is 49.5. The van der Waals surface area contributed by atoms with E-state index in [-0.39, 0.29) is 22.4 Å². The van der Waals surface area contributed by atoms with Crippen molar-refractivity contribution in [3.8, 4) is 0 Å². The van der Waals surface area contributed by atoms with Crippen LogP contribution in [0.25, 0.3) is 0 Å². The van der Waals surface area contributed by atoms with Crippen molar-refractivity contribution in [3.63, 3.8) is 0 Å². The van der Waals surface area contributed by atoms with E-state index in [1.54, 1.807) is 0 Å². The molecule has 0 aliphatic carbocycles. The topological polar surface area (TPSA) is 97.5 Å². The predicted molar refractivity (Wildman–Crippen MR) is 75.5 cm³/mol. The van der Waals surface area contributed by atoms with Crippen molar-refractivity contribution in [2.24, 2.45) is 5.73 Å². The van der Waals surface area contributed by atoms with E-state index in [0.717, 1.165) is 19.1 Å². The highest BCUT2D eigenvalue weighted by Gasteiger charge is 2.34. The van der Waals surface area contributed by atoms with Crippen molar-refractivity contribution in [1.29, 1.82) is 0 Å². The van der Waals surface area contributed by atoms with Gasteiger partial charge in [0.05, 0.1) is 9.79 Å². The molecule has 0 spiro atoms. The second kappa shape index (κ2) is 5.44. The molecule has 0 bridgehead atoms. The normalized spacial score (nSPS) is 21.2. The summed E-state index contributed by atoms with van der Waals surface area (Å²) in [6.45, 7) is 0.693. The third kappa shape index (κ3) is 2.88. The molecule has 1 atom stereocenters. The van der Waals surface area contributed by atoms with E-state index in [1.165, 1.54) is 28.6 Å². The van der Waals surface area contributed by atoms with E-state index in [2.05, 4.69) is 0 Å². The minimum absolute atomic E-state index is 0.000718. The van der Waals surface area contributed by atoms with Gasteiger partial charge in [0, 0.05) is 25.4 Å². The number of nitrogens with zero attached hydrogens (tertiary/aromatic N) is 1. The minimum atomic E-state index is -3.69. The van der Waals surface area contributed by atoms with E-state index < -0.39 is 19.9 Å². The molecule has 0 aromatic heterocycles. The number of hydrogen-bond acceptors (Lipinski definition) is 5. The summed E-state index contributed by atoms with van der Waals surface area (Å²) in [5.74, 6) is 0. The van der Waals surface area contributed by atoms with Crippen LogP contribution in [0.15, 0.2) is 34.1 Å². The molecule has 1 fully saturated rings. The summed E-state index contributed by atoms with van der Waals surface area (Å²) in [4.78, 5) is 0.00263. The molecule has 1 heterocycles. The van der Waals surface area contributed by atoms with Crippen LogP contribution in [0, 0.1) is 0 Å². The molecule has 0 saturated carbocycles. The van der Waals surface area contributed by atoms with Gasteiger partial charge in [-0.15, -0.1) is 0 Å². The first-order chi connectivity index (χ1) is 9.26. The molecular formula is C12H18N2O4S2. The van der Waals surface area contributed by atoms with Crippen LogP contribution in [-0.4, -0.2) is 46.5 Å². The molecule has 0 radical (unpaired) electrons. The average molecular weight is 318 g/mol. The van der Waals surface area contributed by atoms with Gasteiger partial charge in [-0.3, -0.25) is 0 Å². The van der Waals surface area contributed by atoms with Crippen LogP contribution < -0.4 is 5.73 Å². The third-order valence-electron chi connectivity index (χ3n) is 3.44. The van der Waals surface area contributed by atoms with Gasteiger partial charge < -0.3 is 5.73 Å². The van der Waals surface area contributed by atoms with E-state index in [0.29, 0.717) is 6.54 Å². The van der Waals surface area contributed by atoms with Crippen molar-refractivity contribution in [2.45, 2.75) is 28.7 Å². The van der Waals surface area contributed by atoms with Crippen LogP contribution in [0.2, 0.25) is 0 Å². The number of sulfonamides is 1. The molecule has 1 unspecified atom stereocenters. The molecule has 1 saturated heterocycles. The molecule has 20 heavy (non-hydrogen) atoms. The summed E-state index contributed by atoms with van der Waals surface area (Å²) in [7, 11) is -7.13. The lowest BCUT2D eigenvalue weighted by Crippen LogP contribution is -2.39. The molecule has 1 aromatic rings. The van der Waals surface area contributed by atoms with Crippen molar-refractivity contribution in [1.82, 2.24) is 4.31 Å². The van der Waals surface area contributed by atoms with Crippen LogP contribution in [-0.2, 0) is 19.9 Å². The highest BCUT2D eigenvalue weighted by molar-refractivity contribution is 7.91. The van der Waals surface area contributed by atoms with Gasteiger partial charge in [-0.05, 0) is 31.0 Å². The highest BCUT2D eigenvalue weighted by Crippen LogP contribution is 2.26. The molecular weight excluding hydrogens is 300 g/mol. The Labute approximate surface area is 119 Å². The first-order valence-electron chi connectivity index (χ1n) is 6.29. The lowest BCUT2D eigenvalue weighted by atomic mass is 10.2. The Morgan fingerprint density at radius 2 is 1.90 bits per heavy atom. The monoisotopic (exact) mass is 318 g/mol. The molecule has 2 N–H and O–H groups in total. The molecule has 6 nitrogen and oxygen atoms in total. The number of sulfone groups is 1. The zero-order valence-corrected chi connectivity index (χ0v) is 12.8. The van der Waals surface area contributed by atoms with Crippen LogP contribution >= 0.6 is 0 Å². The molecule has 1 aromatic carbocycles. The molecule has 1 aliphatic rings. The Balaban J connectivity index is 2.45. The zero-order chi connectivity index (χ0) is 15.0. The van der Waals surface area contributed by atoms with Gasteiger partial charge in [0.2, 0.25) is 10.0 Å². The largest absolute Gasteiger partial charge is 0.329 e.